The van der Waals surface area contributed by atoms with Crippen molar-refractivity contribution in [3.05, 3.63) is 48.2 Å². The molecule has 3 heterocycles. The van der Waals surface area contributed by atoms with Crippen molar-refractivity contribution in [2.45, 2.75) is 50.1 Å². The van der Waals surface area contributed by atoms with E-state index in [0.29, 0.717) is 19.5 Å². The molecule has 1 aromatic heterocycles. The van der Waals surface area contributed by atoms with Gasteiger partial charge in [0.1, 0.15) is 5.82 Å². The number of hydrogen-bond acceptors (Lipinski definition) is 6. The zero-order valence-corrected chi connectivity index (χ0v) is 20.7. The summed E-state index contributed by atoms with van der Waals surface area (Å²) in [7, 11) is 0. The first-order chi connectivity index (χ1) is 16.7. The predicted molar refractivity (Wildman–Crippen MR) is 141 cm³/mol. The molecule has 198 valence electrons. The maximum absolute atomic E-state index is 12.7. The topological polar surface area (TPSA) is 51.7 Å². The van der Waals surface area contributed by atoms with E-state index in [2.05, 4.69) is 32.2 Å². The molecule has 36 heavy (non-hydrogen) atoms. The number of carbonyl (C=O) groups is 1. The first-order valence-corrected chi connectivity index (χ1v) is 12.9. The Bertz CT molecular complexity index is 955. The highest BCUT2D eigenvalue weighted by Gasteiger charge is 2.29. The lowest BCUT2D eigenvalue weighted by atomic mass is 10.0. The Kier molecular flexibility index (Phi) is 9.90. The second-order valence-corrected chi connectivity index (χ2v) is 10.3. The van der Waals surface area contributed by atoms with Crippen LogP contribution in [0.25, 0.3) is 0 Å². The monoisotopic (exact) mass is 523 g/mol. The molecule has 2 fully saturated rings. The quantitative estimate of drug-likeness (QED) is 0.500. The molecule has 0 saturated carbocycles. The second kappa shape index (κ2) is 12.7. The van der Waals surface area contributed by atoms with E-state index in [-0.39, 0.29) is 36.0 Å². The number of benzene rings is 1. The van der Waals surface area contributed by atoms with Gasteiger partial charge in [-0.2, -0.15) is 13.2 Å². The zero-order chi connectivity index (χ0) is 24.8. The van der Waals surface area contributed by atoms with Crippen LogP contribution in [0.4, 0.5) is 24.7 Å². The van der Waals surface area contributed by atoms with Gasteiger partial charge >= 0.3 is 5.51 Å². The molecule has 0 unspecified atom stereocenters. The van der Waals surface area contributed by atoms with Crippen LogP contribution in [0.15, 0.2) is 47.5 Å². The molecule has 2 aliphatic rings. The number of nitrogens with one attached hydrogen (secondary N) is 1. The average molecular weight is 524 g/mol. The van der Waals surface area contributed by atoms with E-state index in [1.54, 1.807) is 12.1 Å². The summed E-state index contributed by atoms with van der Waals surface area (Å²) in [4.78, 5) is 24.0. The Hall–Kier alpha value is -2.46. The number of aryl methyl sites for hydroxylation is 1. The third-order valence-electron chi connectivity index (χ3n) is 6.54. The molecule has 2 aromatic rings. The maximum atomic E-state index is 12.7. The Balaban J connectivity index is 0.00000361. The fourth-order valence-electron chi connectivity index (χ4n) is 4.52. The van der Waals surface area contributed by atoms with Crippen molar-refractivity contribution >= 4 is 29.2 Å². The number of piperazine rings is 1. The van der Waals surface area contributed by atoms with E-state index in [1.807, 2.05) is 18.0 Å². The number of anilines is 2. The highest BCUT2D eigenvalue weighted by Crippen LogP contribution is 2.37. The minimum absolute atomic E-state index is 0. The van der Waals surface area contributed by atoms with Gasteiger partial charge in [-0.3, -0.25) is 9.69 Å². The number of pyridine rings is 1. The molecule has 0 bridgehead atoms. The number of halogens is 3. The normalized spacial score (nSPS) is 17.6. The summed E-state index contributed by atoms with van der Waals surface area (Å²) in [5.41, 5.74) is -2.31. The SMILES string of the molecule is C.Cc1ccc(N2CCN(CCC(=O)N3CCC(Nc4ccc(SC(F)(F)F)cc4)CC3)CC2)nc1. The average Bonchev–Trinajstić information content (AvgIpc) is 2.84. The van der Waals surface area contributed by atoms with Crippen LogP contribution in [0.1, 0.15) is 32.3 Å². The molecule has 0 spiro atoms. The number of rotatable bonds is 7. The van der Waals surface area contributed by atoms with Crippen molar-refractivity contribution in [3.63, 3.8) is 0 Å². The number of nitrogens with zero attached hydrogens (tertiary/aromatic N) is 4. The van der Waals surface area contributed by atoms with Gasteiger partial charge in [0.2, 0.25) is 5.91 Å². The van der Waals surface area contributed by atoms with Crippen LogP contribution in [0.3, 0.4) is 0 Å². The number of hydrogen-bond donors (Lipinski definition) is 1. The molecule has 0 aliphatic carbocycles. The van der Waals surface area contributed by atoms with Crippen LogP contribution in [-0.4, -0.2) is 78.1 Å². The molecule has 1 aromatic carbocycles. The molecule has 6 nitrogen and oxygen atoms in total. The lowest BCUT2D eigenvalue weighted by Gasteiger charge is -2.36. The molecular weight excluding hydrogens is 487 g/mol. The molecule has 0 atom stereocenters. The van der Waals surface area contributed by atoms with Crippen LogP contribution < -0.4 is 10.2 Å². The lowest BCUT2D eigenvalue weighted by Crippen LogP contribution is -2.48. The van der Waals surface area contributed by atoms with Crippen molar-refractivity contribution in [1.29, 1.82) is 0 Å². The molecule has 2 saturated heterocycles. The van der Waals surface area contributed by atoms with E-state index in [1.165, 1.54) is 12.1 Å². The second-order valence-electron chi connectivity index (χ2n) is 9.14. The van der Waals surface area contributed by atoms with Gasteiger partial charge in [-0.25, -0.2) is 4.98 Å². The third-order valence-corrected chi connectivity index (χ3v) is 7.28. The van der Waals surface area contributed by atoms with E-state index in [0.717, 1.165) is 62.6 Å². The maximum Gasteiger partial charge on any atom is 0.446 e. The number of likely N-dealkylation sites (tertiary alicyclic amines) is 1. The summed E-state index contributed by atoms with van der Waals surface area (Å²) in [6, 6.07) is 10.7. The van der Waals surface area contributed by atoms with Gasteiger partial charge in [-0.15, -0.1) is 0 Å². The summed E-state index contributed by atoms with van der Waals surface area (Å²) in [5.74, 6) is 1.21. The van der Waals surface area contributed by atoms with Crippen molar-refractivity contribution < 1.29 is 18.0 Å². The van der Waals surface area contributed by atoms with Gasteiger partial charge in [0.05, 0.1) is 0 Å². The van der Waals surface area contributed by atoms with Crippen LogP contribution in [-0.2, 0) is 4.79 Å². The Morgan fingerprint density at radius 2 is 1.69 bits per heavy atom. The molecule has 0 radical (unpaired) electrons. The third kappa shape index (κ3) is 8.30. The van der Waals surface area contributed by atoms with Crippen LogP contribution >= 0.6 is 11.8 Å². The van der Waals surface area contributed by atoms with Crippen molar-refractivity contribution in [1.82, 2.24) is 14.8 Å². The molecule has 10 heteroatoms. The number of aromatic nitrogens is 1. The van der Waals surface area contributed by atoms with Gasteiger partial charge < -0.3 is 15.1 Å². The number of amides is 1. The summed E-state index contributed by atoms with van der Waals surface area (Å²) < 4.78 is 37.4. The van der Waals surface area contributed by atoms with E-state index < -0.39 is 5.51 Å². The first kappa shape index (κ1) is 28.1. The first-order valence-electron chi connectivity index (χ1n) is 12.1. The fourth-order valence-corrected chi connectivity index (χ4v) is 5.06. The van der Waals surface area contributed by atoms with Gasteiger partial charge in [0.15, 0.2) is 0 Å². The summed E-state index contributed by atoms with van der Waals surface area (Å²) in [6.45, 7) is 7.89. The molecule has 4 rings (SSSR count). The van der Waals surface area contributed by atoms with E-state index in [9.17, 15) is 18.0 Å². The molecule has 1 N–H and O–H groups in total. The lowest BCUT2D eigenvalue weighted by molar-refractivity contribution is -0.132. The van der Waals surface area contributed by atoms with E-state index in [4.69, 9.17) is 0 Å². The highest BCUT2D eigenvalue weighted by molar-refractivity contribution is 8.00. The Morgan fingerprint density at radius 1 is 1.03 bits per heavy atom. The van der Waals surface area contributed by atoms with Crippen molar-refractivity contribution in [3.8, 4) is 0 Å². The fraction of sp³-hybridized carbons (Fsp3) is 0.538. The molecule has 2 aliphatic heterocycles. The number of carbonyl (C=O) groups excluding carboxylic acids is 1. The smallest absolute Gasteiger partial charge is 0.382 e. The van der Waals surface area contributed by atoms with Crippen molar-refractivity contribution in [2.24, 2.45) is 0 Å². The number of piperidine rings is 1. The Morgan fingerprint density at radius 3 is 2.28 bits per heavy atom. The number of alkyl halides is 3. The zero-order valence-electron chi connectivity index (χ0n) is 19.9. The van der Waals surface area contributed by atoms with Crippen LogP contribution in [0.5, 0.6) is 0 Å². The van der Waals surface area contributed by atoms with Gasteiger partial charge in [-0.05, 0) is 67.4 Å². The van der Waals surface area contributed by atoms with Gasteiger partial charge in [0.25, 0.3) is 0 Å². The van der Waals surface area contributed by atoms with Gasteiger partial charge in [-0.1, -0.05) is 13.5 Å². The summed E-state index contributed by atoms with van der Waals surface area (Å²) >= 11 is -0.107. The molecule has 1 amide bonds. The largest absolute Gasteiger partial charge is 0.446 e. The van der Waals surface area contributed by atoms with Gasteiger partial charge in [0, 0.05) is 75.1 Å². The van der Waals surface area contributed by atoms with Crippen molar-refractivity contribution in [2.75, 3.05) is 56.0 Å². The standard InChI is InChI=1S/C25H32F3N5OS.CH4/c1-19-2-7-23(29-18-19)32-16-14-31(15-17-32)11-10-24(34)33-12-8-21(9-13-33)30-20-3-5-22(6-4-20)35-25(26,27)28;/h2-7,18,21,30H,8-17H2,1H3;1H4. The summed E-state index contributed by atoms with van der Waals surface area (Å²) in [6.07, 6.45) is 4.08. The Labute approximate surface area is 216 Å². The molecular formula is C26H36F3N5OS. The highest BCUT2D eigenvalue weighted by atomic mass is 32.2. The summed E-state index contributed by atoms with van der Waals surface area (Å²) in [5, 5.41) is 3.39. The minimum Gasteiger partial charge on any atom is -0.382 e. The van der Waals surface area contributed by atoms with Crippen LogP contribution in [0.2, 0.25) is 0 Å². The van der Waals surface area contributed by atoms with Crippen LogP contribution in [0, 0.1) is 6.92 Å². The van der Waals surface area contributed by atoms with E-state index >= 15 is 0 Å². The number of thioether (sulfide) groups is 1. The minimum atomic E-state index is -4.28. The predicted octanol–water partition coefficient (Wildman–Crippen LogP) is 5.25.